The van der Waals surface area contributed by atoms with Crippen molar-refractivity contribution in [2.24, 2.45) is 0 Å². The third kappa shape index (κ3) is 3.70. The van der Waals surface area contributed by atoms with Gasteiger partial charge in [0.1, 0.15) is 5.75 Å². The molecule has 1 unspecified atom stereocenters. The van der Waals surface area contributed by atoms with Gasteiger partial charge in [-0.15, -0.1) is 0 Å². The second-order valence-electron chi connectivity index (χ2n) is 7.11. The monoisotopic (exact) mass is 321 g/mol. The lowest BCUT2D eigenvalue weighted by molar-refractivity contribution is 0.314. The largest absolute Gasteiger partial charge is 0.494 e. The van der Waals surface area contributed by atoms with Gasteiger partial charge in [0.2, 0.25) is 0 Å². The lowest BCUT2D eigenvalue weighted by Crippen LogP contribution is -2.41. The smallest absolute Gasteiger partial charge is 0.119 e. The van der Waals surface area contributed by atoms with Crippen molar-refractivity contribution in [2.45, 2.75) is 38.6 Å². The molecule has 2 aromatic carbocycles. The number of ether oxygens (including phenoxy) is 1. The van der Waals surface area contributed by atoms with Gasteiger partial charge in [-0.1, -0.05) is 69.3 Å². The molecule has 3 rings (SSSR count). The number of hydrogen-bond acceptors (Lipinski definition) is 2. The normalized spacial score (nSPS) is 19.2. The summed E-state index contributed by atoms with van der Waals surface area (Å²) in [6, 6.07) is 17.2. The molecule has 1 heterocycles. The fraction of sp³-hybridized carbons (Fsp3) is 0.364. The number of hydrogen-bond donors (Lipinski definition) is 1. The van der Waals surface area contributed by atoms with Gasteiger partial charge in [-0.05, 0) is 35.2 Å². The maximum absolute atomic E-state index is 5.84. The summed E-state index contributed by atoms with van der Waals surface area (Å²) in [6.07, 6.45) is 5.49. The van der Waals surface area contributed by atoms with Gasteiger partial charge < -0.3 is 10.1 Å². The molecule has 2 nitrogen and oxygen atoms in total. The van der Waals surface area contributed by atoms with E-state index in [0.29, 0.717) is 0 Å². The summed E-state index contributed by atoms with van der Waals surface area (Å²) in [6.45, 7) is 8.45. The molecule has 0 radical (unpaired) electrons. The molecule has 1 aliphatic rings. The van der Waals surface area contributed by atoms with Crippen molar-refractivity contribution >= 4 is 6.08 Å². The Kier molecular flexibility index (Phi) is 5.06. The molecular weight excluding hydrogens is 294 g/mol. The Balaban J connectivity index is 1.88. The van der Waals surface area contributed by atoms with Gasteiger partial charge in [-0.2, -0.15) is 0 Å². The topological polar surface area (TPSA) is 21.3 Å². The molecule has 0 spiro atoms. The van der Waals surface area contributed by atoms with E-state index in [4.69, 9.17) is 4.74 Å². The molecule has 0 aliphatic carbocycles. The van der Waals surface area contributed by atoms with Crippen molar-refractivity contribution in [1.82, 2.24) is 5.32 Å². The van der Waals surface area contributed by atoms with Crippen LogP contribution in [0.2, 0.25) is 0 Å². The number of nitrogens with one attached hydrogen (secondary N) is 1. The van der Waals surface area contributed by atoms with Crippen LogP contribution in [0.4, 0.5) is 0 Å². The van der Waals surface area contributed by atoms with Crippen LogP contribution in [0.3, 0.4) is 0 Å². The minimum atomic E-state index is 0.109. The second-order valence-corrected chi connectivity index (χ2v) is 7.11. The Labute approximate surface area is 145 Å². The van der Waals surface area contributed by atoms with Crippen molar-refractivity contribution < 1.29 is 4.74 Å². The average molecular weight is 321 g/mol. The highest BCUT2D eigenvalue weighted by Crippen LogP contribution is 2.37. The lowest BCUT2D eigenvalue weighted by Gasteiger charge is -2.37. The van der Waals surface area contributed by atoms with Crippen molar-refractivity contribution in [1.29, 1.82) is 0 Å². The molecule has 2 aromatic rings. The zero-order chi connectivity index (χ0) is 17.0. The van der Waals surface area contributed by atoms with E-state index >= 15 is 0 Å². The molecule has 0 aromatic heterocycles. The zero-order valence-electron chi connectivity index (χ0n) is 14.9. The van der Waals surface area contributed by atoms with Crippen LogP contribution in [0.5, 0.6) is 5.75 Å². The Morgan fingerprint density at radius 2 is 1.96 bits per heavy atom. The Bertz CT molecular complexity index is 703. The molecule has 0 saturated heterocycles. The van der Waals surface area contributed by atoms with Gasteiger partial charge in [0, 0.05) is 12.0 Å². The Morgan fingerprint density at radius 1 is 1.17 bits per heavy atom. The summed E-state index contributed by atoms with van der Waals surface area (Å²) in [5.41, 5.74) is 4.08. The third-order valence-electron chi connectivity index (χ3n) is 4.61. The first kappa shape index (κ1) is 16.8. The maximum atomic E-state index is 5.84. The van der Waals surface area contributed by atoms with Crippen LogP contribution >= 0.6 is 0 Å². The van der Waals surface area contributed by atoms with E-state index in [9.17, 15) is 0 Å². The van der Waals surface area contributed by atoms with Crippen LogP contribution in [0.1, 0.15) is 49.9 Å². The predicted molar refractivity (Wildman–Crippen MR) is 101 cm³/mol. The minimum Gasteiger partial charge on any atom is -0.494 e. The quantitative estimate of drug-likeness (QED) is 0.826. The van der Waals surface area contributed by atoms with E-state index in [1.165, 1.54) is 16.7 Å². The van der Waals surface area contributed by atoms with E-state index in [2.05, 4.69) is 80.7 Å². The van der Waals surface area contributed by atoms with Gasteiger partial charge in [0.05, 0.1) is 12.6 Å². The molecular formula is C22H27NO. The van der Waals surface area contributed by atoms with E-state index in [1.54, 1.807) is 0 Å². The van der Waals surface area contributed by atoms with Gasteiger partial charge in [0.15, 0.2) is 0 Å². The molecule has 1 aliphatic heterocycles. The van der Waals surface area contributed by atoms with Crippen LogP contribution in [0.15, 0.2) is 54.6 Å². The molecule has 1 N–H and O–H groups in total. The molecule has 24 heavy (non-hydrogen) atoms. The minimum absolute atomic E-state index is 0.109. The molecule has 0 fully saturated rings. The highest BCUT2D eigenvalue weighted by molar-refractivity contribution is 5.53. The summed E-state index contributed by atoms with van der Waals surface area (Å²) in [5, 5.41) is 3.67. The van der Waals surface area contributed by atoms with Crippen LogP contribution in [-0.2, 0) is 5.41 Å². The maximum Gasteiger partial charge on any atom is 0.119 e. The molecule has 0 saturated carbocycles. The lowest BCUT2D eigenvalue weighted by atomic mass is 9.76. The summed E-state index contributed by atoms with van der Waals surface area (Å²) >= 11 is 0. The van der Waals surface area contributed by atoms with Gasteiger partial charge in [-0.3, -0.25) is 0 Å². The van der Waals surface area contributed by atoms with Crippen LogP contribution in [-0.4, -0.2) is 13.2 Å². The number of rotatable bonds is 5. The third-order valence-corrected chi connectivity index (χ3v) is 4.61. The van der Waals surface area contributed by atoms with Crippen molar-refractivity contribution in [2.75, 3.05) is 13.2 Å². The van der Waals surface area contributed by atoms with E-state index in [-0.39, 0.29) is 11.5 Å². The molecule has 126 valence electrons. The molecule has 2 heteroatoms. The predicted octanol–water partition coefficient (Wildman–Crippen LogP) is 5.11. The highest BCUT2D eigenvalue weighted by atomic mass is 16.5. The zero-order valence-corrected chi connectivity index (χ0v) is 14.9. The van der Waals surface area contributed by atoms with Crippen molar-refractivity contribution in [3.63, 3.8) is 0 Å². The van der Waals surface area contributed by atoms with Crippen molar-refractivity contribution in [3.05, 3.63) is 71.3 Å². The Hall–Kier alpha value is -2.06. The van der Waals surface area contributed by atoms with E-state index in [0.717, 1.165) is 25.3 Å². The number of fused-ring (bicyclic) bond motifs is 1. The van der Waals surface area contributed by atoms with Crippen LogP contribution in [0.25, 0.3) is 6.08 Å². The first-order chi connectivity index (χ1) is 11.6. The Morgan fingerprint density at radius 3 is 2.71 bits per heavy atom. The van der Waals surface area contributed by atoms with Crippen LogP contribution in [0, 0.1) is 0 Å². The van der Waals surface area contributed by atoms with Gasteiger partial charge >= 0.3 is 0 Å². The SMILES string of the molecule is CCCOc1ccc2c(c1)C(C)(C)CNC2C=Cc1ccccc1. The molecule has 0 bridgehead atoms. The molecule has 1 atom stereocenters. The van der Waals surface area contributed by atoms with E-state index in [1.807, 2.05) is 6.07 Å². The van der Waals surface area contributed by atoms with Gasteiger partial charge in [0.25, 0.3) is 0 Å². The fourth-order valence-corrected chi connectivity index (χ4v) is 3.22. The van der Waals surface area contributed by atoms with Crippen LogP contribution < -0.4 is 10.1 Å². The first-order valence-corrected chi connectivity index (χ1v) is 8.84. The number of benzene rings is 2. The van der Waals surface area contributed by atoms with Crippen molar-refractivity contribution in [3.8, 4) is 5.75 Å². The fourth-order valence-electron chi connectivity index (χ4n) is 3.22. The average Bonchev–Trinajstić information content (AvgIpc) is 2.60. The van der Waals surface area contributed by atoms with Gasteiger partial charge in [-0.25, -0.2) is 0 Å². The highest BCUT2D eigenvalue weighted by Gasteiger charge is 2.31. The summed E-state index contributed by atoms with van der Waals surface area (Å²) < 4.78 is 5.84. The summed E-state index contributed by atoms with van der Waals surface area (Å²) in [4.78, 5) is 0. The summed E-state index contributed by atoms with van der Waals surface area (Å²) in [7, 11) is 0. The molecule has 0 amide bonds. The van der Waals surface area contributed by atoms with E-state index < -0.39 is 0 Å². The standard InChI is InChI=1S/C22H27NO/c1-4-14-24-18-11-12-19-20(15-18)22(2,3)16-23-21(19)13-10-17-8-6-5-7-9-17/h5-13,15,21,23H,4,14,16H2,1-3H3. The summed E-state index contributed by atoms with van der Waals surface area (Å²) in [5.74, 6) is 0.983. The first-order valence-electron chi connectivity index (χ1n) is 8.84. The second kappa shape index (κ2) is 7.23.